The van der Waals surface area contributed by atoms with Crippen LogP contribution in [0.3, 0.4) is 0 Å². The predicted octanol–water partition coefficient (Wildman–Crippen LogP) is 2.63. The zero-order valence-electron chi connectivity index (χ0n) is 15.1. The fourth-order valence-electron chi connectivity index (χ4n) is 4.88. The van der Waals surface area contributed by atoms with E-state index < -0.39 is 22.0 Å². The van der Waals surface area contributed by atoms with Crippen molar-refractivity contribution >= 4 is 16.0 Å². The van der Waals surface area contributed by atoms with Gasteiger partial charge in [-0.3, -0.25) is 4.79 Å². The molecule has 4 unspecified atom stereocenters. The molecule has 2 saturated carbocycles. The van der Waals surface area contributed by atoms with Crippen LogP contribution in [0.2, 0.25) is 0 Å². The summed E-state index contributed by atoms with van der Waals surface area (Å²) in [6.07, 6.45) is 9.04. The number of nitrogens with zero attached hydrogens (tertiary/aromatic N) is 1. The molecule has 4 atom stereocenters. The zero-order valence-corrected chi connectivity index (χ0v) is 15.9. The largest absolute Gasteiger partial charge is 0.480 e. The molecule has 0 radical (unpaired) electrons. The Bertz CT molecular complexity index is 572. The number of hydrogen-bond acceptors (Lipinski definition) is 4. The first kappa shape index (κ1) is 19.1. The van der Waals surface area contributed by atoms with Crippen molar-refractivity contribution in [2.75, 3.05) is 12.4 Å². The Morgan fingerprint density at radius 3 is 2.48 bits per heavy atom. The Morgan fingerprint density at radius 2 is 1.80 bits per heavy atom. The lowest BCUT2D eigenvalue weighted by Crippen LogP contribution is -2.48. The fourth-order valence-corrected chi connectivity index (χ4v) is 7.12. The average molecular weight is 374 g/mol. The molecule has 1 saturated heterocycles. The molecule has 3 aliphatic rings. The van der Waals surface area contributed by atoms with Crippen LogP contribution in [-0.4, -0.2) is 54.3 Å². The molecule has 0 amide bonds. The van der Waals surface area contributed by atoms with Crippen molar-refractivity contribution < 1.29 is 23.1 Å². The standard InChI is InChI=1S/C18H31NO5S/c1-13(11-24-15-7-3-4-8-15)12-25(22,23)19-16-9-5-2-6-14(16)10-17(19)18(20)21/h13-17H,2-12H2,1H3,(H,20,21). The molecule has 1 heterocycles. The second-order valence-electron chi connectivity index (χ2n) is 8.16. The van der Waals surface area contributed by atoms with E-state index in [9.17, 15) is 18.3 Å². The number of carboxylic acids is 1. The molecule has 0 aromatic heterocycles. The maximum absolute atomic E-state index is 13.0. The number of rotatable bonds is 7. The van der Waals surface area contributed by atoms with Crippen molar-refractivity contribution in [3.63, 3.8) is 0 Å². The lowest BCUT2D eigenvalue weighted by Gasteiger charge is -2.32. The summed E-state index contributed by atoms with van der Waals surface area (Å²) >= 11 is 0. The fraction of sp³-hybridized carbons (Fsp3) is 0.944. The highest BCUT2D eigenvalue weighted by molar-refractivity contribution is 7.89. The van der Waals surface area contributed by atoms with E-state index in [2.05, 4.69) is 0 Å². The van der Waals surface area contributed by atoms with Crippen LogP contribution in [0.25, 0.3) is 0 Å². The minimum Gasteiger partial charge on any atom is -0.480 e. The number of carbonyl (C=O) groups is 1. The van der Waals surface area contributed by atoms with Crippen LogP contribution in [-0.2, 0) is 19.6 Å². The van der Waals surface area contributed by atoms with Crippen molar-refractivity contribution in [2.24, 2.45) is 11.8 Å². The van der Waals surface area contributed by atoms with Crippen LogP contribution in [0.1, 0.15) is 64.7 Å². The Balaban J connectivity index is 1.64. The molecule has 6 nitrogen and oxygen atoms in total. The minimum absolute atomic E-state index is 0.0211. The Hall–Kier alpha value is -0.660. The van der Waals surface area contributed by atoms with E-state index >= 15 is 0 Å². The van der Waals surface area contributed by atoms with Crippen LogP contribution < -0.4 is 0 Å². The highest BCUT2D eigenvalue weighted by atomic mass is 32.2. The average Bonchev–Trinajstić information content (AvgIpc) is 3.20. The molecule has 3 fully saturated rings. The van der Waals surface area contributed by atoms with Gasteiger partial charge in [0, 0.05) is 6.04 Å². The molecule has 2 aliphatic carbocycles. The summed E-state index contributed by atoms with van der Waals surface area (Å²) < 4.78 is 33.2. The second-order valence-corrected chi connectivity index (χ2v) is 10.1. The lowest BCUT2D eigenvalue weighted by atomic mass is 9.85. The van der Waals surface area contributed by atoms with Crippen molar-refractivity contribution in [2.45, 2.75) is 82.9 Å². The molecule has 0 spiro atoms. The molecule has 1 aliphatic heterocycles. The molecule has 0 bridgehead atoms. The summed E-state index contributed by atoms with van der Waals surface area (Å²) in [5.41, 5.74) is 0. The van der Waals surface area contributed by atoms with Gasteiger partial charge in [-0.2, -0.15) is 4.31 Å². The first-order chi connectivity index (χ1) is 11.9. The van der Waals surface area contributed by atoms with Gasteiger partial charge in [-0.05, 0) is 43.9 Å². The van der Waals surface area contributed by atoms with Gasteiger partial charge in [0.25, 0.3) is 0 Å². The SMILES string of the molecule is CC(COC1CCCC1)CS(=O)(=O)N1C(C(=O)O)CC2CCCCC21. The zero-order chi connectivity index (χ0) is 18.0. The van der Waals surface area contributed by atoms with E-state index in [1.165, 1.54) is 17.1 Å². The molecule has 3 rings (SSSR count). The number of sulfonamides is 1. The number of carboxylic acid groups (broad SMARTS) is 1. The van der Waals surface area contributed by atoms with Gasteiger partial charge in [0.15, 0.2) is 0 Å². The van der Waals surface area contributed by atoms with Gasteiger partial charge in [0.1, 0.15) is 6.04 Å². The Labute approximate surface area is 151 Å². The third-order valence-corrected chi connectivity index (χ3v) is 8.21. The van der Waals surface area contributed by atoms with Crippen molar-refractivity contribution in [1.82, 2.24) is 4.31 Å². The van der Waals surface area contributed by atoms with Gasteiger partial charge in [-0.25, -0.2) is 8.42 Å². The van der Waals surface area contributed by atoms with E-state index in [-0.39, 0.29) is 29.7 Å². The maximum Gasteiger partial charge on any atom is 0.322 e. The van der Waals surface area contributed by atoms with Crippen molar-refractivity contribution in [3.05, 3.63) is 0 Å². The molecule has 1 N–H and O–H groups in total. The first-order valence-corrected chi connectivity index (χ1v) is 11.3. The summed E-state index contributed by atoms with van der Waals surface area (Å²) in [6.45, 7) is 2.32. The van der Waals surface area contributed by atoms with Gasteiger partial charge < -0.3 is 9.84 Å². The van der Waals surface area contributed by atoms with E-state index in [4.69, 9.17) is 4.74 Å². The van der Waals surface area contributed by atoms with Crippen LogP contribution in [0, 0.1) is 11.8 Å². The third-order valence-electron chi connectivity index (χ3n) is 6.05. The number of hydrogen-bond donors (Lipinski definition) is 1. The van der Waals surface area contributed by atoms with Crippen molar-refractivity contribution in [3.8, 4) is 0 Å². The first-order valence-electron chi connectivity index (χ1n) is 9.74. The van der Waals surface area contributed by atoms with Gasteiger partial charge in [-0.15, -0.1) is 0 Å². The van der Waals surface area contributed by atoms with Crippen molar-refractivity contribution in [1.29, 1.82) is 0 Å². The molecular weight excluding hydrogens is 342 g/mol. The molecular formula is C18H31NO5S. The summed E-state index contributed by atoms with van der Waals surface area (Å²) in [7, 11) is -3.60. The van der Waals surface area contributed by atoms with E-state index in [1.807, 2.05) is 6.92 Å². The monoisotopic (exact) mass is 373 g/mol. The Kier molecular flexibility index (Phi) is 6.06. The van der Waals surface area contributed by atoms with Gasteiger partial charge in [-0.1, -0.05) is 32.6 Å². The number of aliphatic carboxylic acids is 1. The smallest absolute Gasteiger partial charge is 0.322 e. The topological polar surface area (TPSA) is 83.9 Å². The van der Waals surface area contributed by atoms with Crippen LogP contribution in [0.5, 0.6) is 0 Å². The lowest BCUT2D eigenvalue weighted by molar-refractivity contribution is -0.141. The highest BCUT2D eigenvalue weighted by Crippen LogP contribution is 2.41. The van der Waals surface area contributed by atoms with E-state index in [1.54, 1.807) is 0 Å². The summed E-state index contributed by atoms with van der Waals surface area (Å²) in [6, 6.07) is -1.01. The third kappa shape index (κ3) is 4.37. The van der Waals surface area contributed by atoms with Gasteiger partial charge >= 0.3 is 5.97 Å². The molecule has 7 heteroatoms. The van der Waals surface area contributed by atoms with E-state index in [0.717, 1.165) is 38.5 Å². The maximum atomic E-state index is 13.0. The van der Waals surface area contributed by atoms with Gasteiger partial charge in [0.05, 0.1) is 18.5 Å². The van der Waals surface area contributed by atoms with Gasteiger partial charge in [0.2, 0.25) is 10.0 Å². The quantitative estimate of drug-likeness (QED) is 0.742. The highest BCUT2D eigenvalue weighted by Gasteiger charge is 2.50. The number of fused-ring (bicyclic) bond motifs is 1. The summed E-state index contributed by atoms with van der Waals surface area (Å²) in [5, 5.41) is 9.54. The predicted molar refractivity (Wildman–Crippen MR) is 94.8 cm³/mol. The van der Waals surface area contributed by atoms with E-state index in [0.29, 0.717) is 13.0 Å². The molecule has 25 heavy (non-hydrogen) atoms. The van der Waals surface area contributed by atoms with Crippen LogP contribution in [0.4, 0.5) is 0 Å². The molecule has 0 aromatic rings. The summed E-state index contributed by atoms with van der Waals surface area (Å²) in [5.74, 6) is -0.947. The molecule has 144 valence electrons. The summed E-state index contributed by atoms with van der Waals surface area (Å²) in [4.78, 5) is 11.7. The number of ether oxygens (including phenoxy) is 1. The van der Waals surface area contributed by atoms with Crippen LogP contribution in [0.15, 0.2) is 0 Å². The second kappa shape index (κ2) is 7.92. The normalized spacial score (nSPS) is 32.6. The molecule has 0 aromatic carbocycles. The minimum atomic E-state index is -3.60. The van der Waals surface area contributed by atoms with Crippen LogP contribution >= 0.6 is 0 Å². The Morgan fingerprint density at radius 1 is 1.16 bits per heavy atom.